The molecular weight excluding hydrogens is 414 g/mol. The maximum Gasteiger partial charge on any atom is 0.225 e. The van der Waals surface area contributed by atoms with Crippen molar-refractivity contribution in [1.82, 2.24) is 15.3 Å². The Labute approximate surface area is 198 Å². The lowest BCUT2D eigenvalue weighted by Gasteiger charge is -2.30. The molecule has 7 heteroatoms. The summed E-state index contributed by atoms with van der Waals surface area (Å²) in [5.74, 6) is 4.30. The average molecular weight is 454 g/mol. The van der Waals surface area contributed by atoms with Crippen LogP contribution < -0.4 is 25.0 Å². The van der Waals surface area contributed by atoms with Crippen molar-refractivity contribution < 1.29 is 9.47 Å². The Hall–Kier alpha value is -2.54. The van der Waals surface area contributed by atoms with Gasteiger partial charge in [-0.2, -0.15) is 4.98 Å². The van der Waals surface area contributed by atoms with Gasteiger partial charge in [0.2, 0.25) is 5.95 Å². The Morgan fingerprint density at radius 3 is 2.52 bits per heavy atom. The fourth-order valence-corrected chi connectivity index (χ4v) is 5.11. The molecule has 1 fully saturated rings. The van der Waals surface area contributed by atoms with Gasteiger partial charge in [0.25, 0.3) is 0 Å². The molecule has 7 nitrogen and oxygen atoms in total. The third kappa shape index (κ3) is 5.88. The number of aryl methyl sites for hydroxylation is 1. The van der Waals surface area contributed by atoms with Crippen molar-refractivity contribution in [3.8, 4) is 11.5 Å². The third-order valence-electron chi connectivity index (χ3n) is 7.01. The number of hydrogen-bond acceptors (Lipinski definition) is 7. The van der Waals surface area contributed by atoms with E-state index in [1.165, 1.54) is 36.9 Å². The van der Waals surface area contributed by atoms with Crippen LogP contribution in [0.2, 0.25) is 0 Å². The van der Waals surface area contributed by atoms with E-state index >= 15 is 0 Å². The number of aromatic nitrogens is 2. The van der Waals surface area contributed by atoms with Crippen LogP contribution in [0.3, 0.4) is 0 Å². The van der Waals surface area contributed by atoms with Gasteiger partial charge in [-0.25, -0.2) is 4.98 Å². The zero-order valence-electron chi connectivity index (χ0n) is 20.6. The van der Waals surface area contributed by atoms with Crippen molar-refractivity contribution >= 4 is 11.8 Å². The van der Waals surface area contributed by atoms with Gasteiger partial charge in [-0.15, -0.1) is 0 Å². The molecule has 2 aliphatic rings. The summed E-state index contributed by atoms with van der Waals surface area (Å²) in [6, 6.07) is 6.46. The van der Waals surface area contributed by atoms with Crippen LogP contribution in [-0.4, -0.2) is 50.9 Å². The van der Waals surface area contributed by atoms with Gasteiger partial charge >= 0.3 is 0 Å². The molecule has 1 saturated carbocycles. The molecule has 0 saturated heterocycles. The molecule has 2 aromatic rings. The molecule has 1 aromatic carbocycles. The molecule has 2 aliphatic carbocycles. The highest BCUT2D eigenvalue weighted by molar-refractivity contribution is 5.53. The zero-order valence-corrected chi connectivity index (χ0v) is 20.6. The second-order valence-corrected chi connectivity index (χ2v) is 9.57. The smallest absolute Gasteiger partial charge is 0.225 e. The largest absolute Gasteiger partial charge is 0.497 e. The maximum absolute atomic E-state index is 5.52. The summed E-state index contributed by atoms with van der Waals surface area (Å²) in [6.07, 6.45) is 9.41. The number of fused-ring (bicyclic) bond motifs is 1. The number of nitrogens with zero attached hydrogens (tertiary/aromatic N) is 3. The summed E-state index contributed by atoms with van der Waals surface area (Å²) in [6.45, 7) is 1.84. The third-order valence-corrected chi connectivity index (χ3v) is 7.01. The highest BCUT2D eigenvalue weighted by Crippen LogP contribution is 2.30. The Morgan fingerprint density at radius 2 is 1.79 bits per heavy atom. The average Bonchev–Trinajstić information content (AvgIpc) is 2.84. The lowest BCUT2D eigenvalue weighted by Crippen LogP contribution is -2.32. The predicted molar refractivity (Wildman–Crippen MR) is 134 cm³/mol. The second-order valence-electron chi connectivity index (χ2n) is 9.57. The van der Waals surface area contributed by atoms with Crippen LogP contribution in [0.25, 0.3) is 0 Å². The molecule has 1 heterocycles. The molecular formula is C26H39N5O2. The van der Waals surface area contributed by atoms with E-state index in [-0.39, 0.29) is 0 Å². The van der Waals surface area contributed by atoms with Gasteiger partial charge in [0.15, 0.2) is 0 Å². The monoisotopic (exact) mass is 453 g/mol. The molecule has 33 heavy (non-hydrogen) atoms. The first-order valence-corrected chi connectivity index (χ1v) is 12.3. The normalized spacial score (nSPS) is 20.1. The minimum Gasteiger partial charge on any atom is -0.497 e. The van der Waals surface area contributed by atoms with Gasteiger partial charge in [-0.1, -0.05) is 6.07 Å². The number of benzene rings is 1. The molecule has 0 radical (unpaired) electrons. The lowest BCUT2D eigenvalue weighted by atomic mass is 9.86. The van der Waals surface area contributed by atoms with E-state index in [9.17, 15) is 0 Å². The van der Waals surface area contributed by atoms with Crippen molar-refractivity contribution in [2.24, 2.45) is 5.92 Å². The summed E-state index contributed by atoms with van der Waals surface area (Å²) in [5.41, 5.74) is 3.75. The highest BCUT2D eigenvalue weighted by atomic mass is 16.5. The Bertz CT molecular complexity index is 925. The van der Waals surface area contributed by atoms with E-state index < -0.39 is 0 Å². The highest BCUT2D eigenvalue weighted by Gasteiger charge is 2.24. The van der Waals surface area contributed by atoms with Gasteiger partial charge in [0.1, 0.15) is 17.3 Å². The van der Waals surface area contributed by atoms with Crippen molar-refractivity contribution in [3.05, 3.63) is 35.0 Å². The van der Waals surface area contributed by atoms with Gasteiger partial charge < -0.3 is 25.0 Å². The van der Waals surface area contributed by atoms with Crippen LogP contribution in [0.4, 0.5) is 11.8 Å². The minimum atomic E-state index is 0.458. The molecule has 0 unspecified atom stereocenters. The number of rotatable bonds is 9. The molecule has 4 rings (SSSR count). The van der Waals surface area contributed by atoms with Crippen LogP contribution >= 0.6 is 0 Å². The quantitative estimate of drug-likeness (QED) is 0.590. The molecule has 0 bridgehead atoms. The van der Waals surface area contributed by atoms with Crippen LogP contribution in [0, 0.1) is 5.92 Å². The fraction of sp³-hybridized carbons (Fsp3) is 0.615. The molecule has 1 aromatic heterocycles. The first-order valence-electron chi connectivity index (χ1n) is 12.3. The molecule has 0 spiro atoms. The van der Waals surface area contributed by atoms with E-state index in [0.717, 1.165) is 67.6 Å². The van der Waals surface area contributed by atoms with E-state index in [4.69, 9.17) is 19.4 Å². The van der Waals surface area contributed by atoms with Crippen molar-refractivity contribution in [3.63, 3.8) is 0 Å². The lowest BCUT2D eigenvalue weighted by molar-refractivity contribution is 0.322. The number of methoxy groups -OCH3 is 2. The molecule has 0 amide bonds. The Balaban J connectivity index is 1.26. The molecule has 0 aliphatic heterocycles. The van der Waals surface area contributed by atoms with E-state index in [0.29, 0.717) is 12.0 Å². The first kappa shape index (κ1) is 23.6. The summed E-state index contributed by atoms with van der Waals surface area (Å²) >= 11 is 0. The maximum atomic E-state index is 5.52. The van der Waals surface area contributed by atoms with Gasteiger partial charge in [0.05, 0.1) is 19.9 Å². The summed E-state index contributed by atoms with van der Waals surface area (Å²) < 4.78 is 10.8. The SMILES string of the molecule is COc1ccc(CNC[C@H]2CC[C@@H](Nc3nc4c(c(N(C)C)n3)CCCC4)CC2)c(OC)c1. The summed E-state index contributed by atoms with van der Waals surface area (Å²) in [7, 11) is 7.55. The van der Waals surface area contributed by atoms with Crippen LogP contribution in [0.5, 0.6) is 11.5 Å². The Morgan fingerprint density at radius 1 is 1.00 bits per heavy atom. The molecule has 180 valence electrons. The second kappa shape index (κ2) is 11.1. The summed E-state index contributed by atoms with van der Waals surface area (Å²) in [5, 5.41) is 7.29. The molecule has 2 N–H and O–H groups in total. The molecule has 0 atom stereocenters. The number of hydrogen-bond donors (Lipinski definition) is 2. The topological polar surface area (TPSA) is 71.5 Å². The fourth-order valence-electron chi connectivity index (χ4n) is 5.11. The van der Waals surface area contributed by atoms with Gasteiger partial charge in [0, 0.05) is 43.9 Å². The zero-order chi connectivity index (χ0) is 23.2. The van der Waals surface area contributed by atoms with Crippen LogP contribution in [-0.2, 0) is 19.4 Å². The van der Waals surface area contributed by atoms with Gasteiger partial charge in [-0.05, 0) is 69.9 Å². The number of nitrogens with one attached hydrogen (secondary N) is 2. The summed E-state index contributed by atoms with van der Waals surface area (Å²) in [4.78, 5) is 11.9. The minimum absolute atomic E-state index is 0.458. The Kier molecular flexibility index (Phi) is 7.91. The van der Waals surface area contributed by atoms with E-state index in [1.54, 1.807) is 14.2 Å². The number of anilines is 2. The number of ether oxygens (including phenoxy) is 2. The van der Waals surface area contributed by atoms with E-state index in [1.807, 2.05) is 12.1 Å². The van der Waals surface area contributed by atoms with Crippen molar-refractivity contribution in [1.29, 1.82) is 0 Å². The first-order chi connectivity index (χ1) is 16.1. The van der Waals surface area contributed by atoms with Crippen molar-refractivity contribution in [2.75, 3.05) is 45.1 Å². The van der Waals surface area contributed by atoms with E-state index in [2.05, 4.69) is 35.7 Å². The van der Waals surface area contributed by atoms with Gasteiger partial charge in [-0.3, -0.25) is 0 Å². The standard InChI is InChI=1S/C26H39N5O2/c1-31(2)25-22-7-5-6-8-23(22)29-26(30-25)28-20-12-9-18(10-13-20)16-27-17-19-11-14-21(32-3)15-24(19)33-4/h11,14-15,18,20,27H,5-10,12-13,16-17H2,1-4H3,(H,28,29,30)/t18-,20+. The van der Waals surface area contributed by atoms with Crippen LogP contribution in [0.15, 0.2) is 18.2 Å². The van der Waals surface area contributed by atoms with Crippen LogP contribution in [0.1, 0.15) is 55.3 Å². The van der Waals surface area contributed by atoms with Crippen molar-refractivity contribution in [2.45, 2.75) is 64.0 Å². The predicted octanol–water partition coefficient (Wildman–Crippen LogP) is 4.20.